The minimum atomic E-state index is 0.927. The highest BCUT2D eigenvalue weighted by Gasteiger charge is 2.12. The molecule has 0 amide bonds. The number of aromatic nitrogens is 2. The zero-order valence-corrected chi connectivity index (χ0v) is 8.87. The van der Waals surface area contributed by atoms with E-state index in [1.807, 2.05) is 17.9 Å². The molecular formula is C11H19N3. The van der Waals surface area contributed by atoms with E-state index >= 15 is 0 Å². The van der Waals surface area contributed by atoms with E-state index in [0.717, 1.165) is 5.92 Å². The number of piperidine rings is 1. The lowest BCUT2D eigenvalue weighted by Crippen LogP contribution is -2.27. The minimum Gasteiger partial charge on any atom is -0.317 e. The topological polar surface area (TPSA) is 29.9 Å². The van der Waals surface area contributed by atoms with E-state index < -0.39 is 0 Å². The van der Waals surface area contributed by atoms with Crippen molar-refractivity contribution >= 4 is 0 Å². The predicted molar refractivity (Wildman–Crippen MR) is 57.1 cm³/mol. The van der Waals surface area contributed by atoms with E-state index in [1.165, 1.54) is 44.3 Å². The highest BCUT2D eigenvalue weighted by atomic mass is 15.2. The first kappa shape index (κ1) is 9.71. The molecule has 2 rings (SSSR count). The molecule has 1 aromatic rings. The monoisotopic (exact) mass is 193 g/mol. The predicted octanol–water partition coefficient (Wildman–Crippen LogP) is 1.35. The first-order valence-electron chi connectivity index (χ1n) is 5.53. The summed E-state index contributed by atoms with van der Waals surface area (Å²) in [5, 5.41) is 7.59. The van der Waals surface area contributed by atoms with Crippen LogP contribution in [-0.4, -0.2) is 22.9 Å². The Morgan fingerprint density at radius 1 is 1.50 bits per heavy atom. The molecule has 3 nitrogen and oxygen atoms in total. The first-order chi connectivity index (χ1) is 6.84. The molecule has 78 valence electrons. The Hall–Kier alpha value is -0.830. The van der Waals surface area contributed by atoms with Crippen LogP contribution in [0.1, 0.15) is 24.8 Å². The van der Waals surface area contributed by atoms with Gasteiger partial charge in [-0.1, -0.05) is 0 Å². The average Bonchev–Trinajstić information content (AvgIpc) is 2.63. The van der Waals surface area contributed by atoms with Gasteiger partial charge in [0.2, 0.25) is 0 Å². The summed E-state index contributed by atoms with van der Waals surface area (Å²) in [5.74, 6) is 0.927. The maximum atomic E-state index is 4.18. The molecule has 1 aromatic heterocycles. The van der Waals surface area contributed by atoms with Gasteiger partial charge in [-0.3, -0.25) is 4.68 Å². The second-order valence-corrected chi connectivity index (χ2v) is 4.25. The quantitative estimate of drug-likeness (QED) is 0.785. The molecule has 1 saturated heterocycles. The van der Waals surface area contributed by atoms with Gasteiger partial charge < -0.3 is 5.32 Å². The van der Waals surface area contributed by atoms with Crippen LogP contribution in [0.3, 0.4) is 0 Å². The van der Waals surface area contributed by atoms with E-state index in [1.54, 1.807) is 0 Å². The van der Waals surface area contributed by atoms with Crippen molar-refractivity contribution in [2.24, 2.45) is 13.0 Å². The van der Waals surface area contributed by atoms with E-state index in [2.05, 4.69) is 16.6 Å². The van der Waals surface area contributed by atoms with Gasteiger partial charge in [0.05, 0.1) is 6.20 Å². The third kappa shape index (κ3) is 2.58. The Morgan fingerprint density at radius 2 is 2.29 bits per heavy atom. The van der Waals surface area contributed by atoms with Gasteiger partial charge in [-0.2, -0.15) is 5.10 Å². The molecule has 0 unspecified atom stereocenters. The molecule has 0 bridgehead atoms. The fourth-order valence-corrected chi connectivity index (χ4v) is 2.14. The van der Waals surface area contributed by atoms with Gasteiger partial charge in [-0.25, -0.2) is 0 Å². The van der Waals surface area contributed by atoms with Crippen LogP contribution in [0.4, 0.5) is 0 Å². The van der Waals surface area contributed by atoms with Crippen molar-refractivity contribution in [2.75, 3.05) is 13.1 Å². The third-order valence-electron chi connectivity index (χ3n) is 3.06. The van der Waals surface area contributed by atoms with Crippen LogP contribution in [0, 0.1) is 5.92 Å². The Labute approximate surface area is 85.5 Å². The van der Waals surface area contributed by atoms with Crippen LogP contribution >= 0.6 is 0 Å². The van der Waals surface area contributed by atoms with E-state index in [0.29, 0.717) is 0 Å². The molecule has 0 aliphatic carbocycles. The van der Waals surface area contributed by atoms with Crippen LogP contribution in [0.25, 0.3) is 0 Å². The maximum absolute atomic E-state index is 4.18. The largest absolute Gasteiger partial charge is 0.317 e. The zero-order valence-electron chi connectivity index (χ0n) is 8.87. The number of rotatable bonds is 3. The number of nitrogens with zero attached hydrogens (tertiary/aromatic N) is 2. The maximum Gasteiger partial charge on any atom is 0.0521 e. The summed E-state index contributed by atoms with van der Waals surface area (Å²) in [5.41, 5.74) is 1.38. The van der Waals surface area contributed by atoms with Crippen LogP contribution in [0.5, 0.6) is 0 Å². The summed E-state index contributed by atoms with van der Waals surface area (Å²) < 4.78 is 1.89. The molecule has 0 radical (unpaired) electrons. The Morgan fingerprint density at radius 3 is 2.93 bits per heavy atom. The van der Waals surface area contributed by atoms with E-state index in [-0.39, 0.29) is 0 Å². The molecule has 14 heavy (non-hydrogen) atoms. The van der Waals surface area contributed by atoms with Gasteiger partial charge in [0.1, 0.15) is 0 Å². The van der Waals surface area contributed by atoms with E-state index in [4.69, 9.17) is 0 Å². The Kier molecular flexibility index (Phi) is 3.19. The molecule has 0 spiro atoms. The zero-order chi connectivity index (χ0) is 9.80. The fraction of sp³-hybridized carbons (Fsp3) is 0.727. The summed E-state index contributed by atoms with van der Waals surface area (Å²) in [6.45, 7) is 2.41. The summed E-state index contributed by atoms with van der Waals surface area (Å²) >= 11 is 0. The molecule has 0 atom stereocenters. The van der Waals surface area contributed by atoms with Crippen LogP contribution in [-0.2, 0) is 13.5 Å². The molecule has 1 N–H and O–H groups in total. The Balaban J connectivity index is 1.76. The lowest BCUT2D eigenvalue weighted by molar-refractivity contribution is 0.354. The van der Waals surface area contributed by atoms with Gasteiger partial charge in [0.15, 0.2) is 0 Å². The standard InChI is InChI=1S/C11H19N3/c1-14-9-11(8-13-14)3-2-10-4-6-12-7-5-10/h8-10,12H,2-7H2,1H3. The van der Waals surface area contributed by atoms with Gasteiger partial charge in [-0.05, 0) is 50.3 Å². The van der Waals surface area contributed by atoms with Crippen LogP contribution in [0.2, 0.25) is 0 Å². The van der Waals surface area contributed by atoms with Gasteiger partial charge in [0, 0.05) is 13.2 Å². The molecule has 1 aliphatic heterocycles. The smallest absolute Gasteiger partial charge is 0.0521 e. The SMILES string of the molecule is Cn1cc(CCC2CCNCC2)cn1. The van der Waals surface area contributed by atoms with Crippen LogP contribution in [0.15, 0.2) is 12.4 Å². The molecule has 1 fully saturated rings. The lowest BCUT2D eigenvalue weighted by atomic mass is 9.92. The number of hydrogen-bond acceptors (Lipinski definition) is 2. The lowest BCUT2D eigenvalue weighted by Gasteiger charge is -2.22. The summed E-state index contributed by atoms with van der Waals surface area (Å²) in [6, 6.07) is 0. The minimum absolute atomic E-state index is 0.927. The number of nitrogens with one attached hydrogen (secondary N) is 1. The summed E-state index contributed by atoms with van der Waals surface area (Å²) in [7, 11) is 1.98. The summed E-state index contributed by atoms with van der Waals surface area (Å²) in [4.78, 5) is 0. The molecule has 2 heterocycles. The number of hydrogen-bond donors (Lipinski definition) is 1. The van der Waals surface area contributed by atoms with Crippen molar-refractivity contribution in [1.29, 1.82) is 0 Å². The highest BCUT2D eigenvalue weighted by molar-refractivity contribution is 5.03. The van der Waals surface area contributed by atoms with Crippen LogP contribution < -0.4 is 5.32 Å². The van der Waals surface area contributed by atoms with Gasteiger partial charge >= 0.3 is 0 Å². The van der Waals surface area contributed by atoms with Crippen molar-refractivity contribution in [3.05, 3.63) is 18.0 Å². The molecule has 3 heteroatoms. The normalized spacial score (nSPS) is 18.6. The molecule has 1 aliphatic rings. The second-order valence-electron chi connectivity index (χ2n) is 4.25. The number of aryl methyl sites for hydroxylation is 2. The van der Waals surface area contributed by atoms with Gasteiger partial charge in [-0.15, -0.1) is 0 Å². The third-order valence-corrected chi connectivity index (χ3v) is 3.06. The van der Waals surface area contributed by atoms with E-state index in [9.17, 15) is 0 Å². The van der Waals surface area contributed by atoms with Crippen molar-refractivity contribution in [2.45, 2.75) is 25.7 Å². The molecular weight excluding hydrogens is 174 g/mol. The van der Waals surface area contributed by atoms with Gasteiger partial charge in [0.25, 0.3) is 0 Å². The van der Waals surface area contributed by atoms with Crippen molar-refractivity contribution in [1.82, 2.24) is 15.1 Å². The van der Waals surface area contributed by atoms with Crippen molar-refractivity contribution in [3.8, 4) is 0 Å². The van der Waals surface area contributed by atoms with Crippen molar-refractivity contribution in [3.63, 3.8) is 0 Å². The second kappa shape index (κ2) is 4.60. The highest BCUT2D eigenvalue weighted by Crippen LogP contribution is 2.18. The average molecular weight is 193 g/mol. The van der Waals surface area contributed by atoms with Crippen molar-refractivity contribution < 1.29 is 0 Å². The molecule has 0 aromatic carbocycles. The summed E-state index contributed by atoms with van der Waals surface area (Å²) in [6.07, 6.45) is 9.33. The fourth-order valence-electron chi connectivity index (χ4n) is 2.14. The first-order valence-corrected chi connectivity index (χ1v) is 5.53. The Bertz CT molecular complexity index is 274. The molecule has 0 saturated carbocycles.